The van der Waals surface area contributed by atoms with Gasteiger partial charge in [-0.05, 0) is 12.3 Å². The highest BCUT2D eigenvalue weighted by atomic mass is 16.2. The molecule has 0 aliphatic carbocycles. The Bertz CT molecular complexity index is 237. The SMILES string of the molecule is C=CCNC(=O)[C@H](CC(C)C)NC(C)=O. The van der Waals surface area contributed by atoms with E-state index in [2.05, 4.69) is 17.2 Å². The molecule has 4 heteroatoms. The zero-order valence-electron chi connectivity index (χ0n) is 9.67. The third-order valence-electron chi connectivity index (χ3n) is 1.82. The van der Waals surface area contributed by atoms with Crippen LogP contribution in [0.3, 0.4) is 0 Å². The number of carbonyl (C=O) groups excluding carboxylic acids is 2. The highest BCUT2D eigenvalue weighted by molar-refractivity contribution is 5.86. The van der Waals surface area contributed by atoms with E-state index in [1.165, 1.54) is 6.92 Å². The van der Waals surface area contributed by atoms with Gasteiger partial charge >= 0.3 is 0 Å². The van der Waals surface area contributed by atoms with E-state index in [-0.39, 0.29) is 11.8 Å². The molecule has 0 heterocycles. The normalized spacial score (nSPS) is 12.0. The van der Waals surface area contributed by atoms with Crippen molar-refractivity contribution in [1.82, 2.24) is 10.6 Å². The van der Waals surface area contributed by atoms with Gasteiger partial charge < -0.3 is 10.6 Å². The summed E-state index contributed by atoms with van der Waals surface area (Å²) >= 11 is 0. The van der Waals surface area contributed by atoms with Crippen molar-refractivity contribution in [2.75, 3.05) is 6.54 Å². The van der Waals surface area contributed by atoms with E-state index < -0.39 is 6.04 Å². The van der Waals surface area contributed by atoms with E-state index in [0.717, 1.165) is 0 Å². The zero-order valence-corrected chi connectivity index (χ0v) is 9.67. The molecule has 0 saturated carbocycles. The molecule has 0 saturated heterocycles. The molecule has 0 aromatic rings. The summed E-state index contributed by atoms with van der Waals surface area (Å²) in [5.41, 5.74) is 0. The van der Waals surface area contributed by atoms with E-state index in [4.69, 9.17) is 0 Å². The van der Waals surface area contributed by atoms with E-state index in [9.17, 15) is 9.59 Å². The Hall–Kier alpha value is -1.32. The number of amides is 2. The summed E-state index contributed by atoms with van der Waals surface area (Å²) in [5.74, 6) is 0.0181. The highest BCUT2D eigenvalue weighted by Gasteiger charge is 2.19. The standard InChI is InChI=1S/C11H20N2O2/c1-5-6-12-11(15)10(7-8(2)3)13-9(4)14/h5,8,10H,1,6-7H2,2-4H3,(H,12,15)(H,13,14)/t10-/m0/s1. The molecule has 15 heavy (non-hydrogen) atoms. The Kier molecular flexibility index (Phi) is 6.42. The Labute approximate surface area is 91.1 Å². The van der Waals surface area contributed by atoms with Crippen molar-refractivity contribution in [3.05, 3.63) is 12.7 Å². The first-order valence-corrected chi connectivity index (χ1v) is 5.13. The molecule has 0 aromatic carbocycles. The molecule has 0 radical (unpaired) electrons. The van der Waals surface area contributed by atoms with Gasteiger partial charge in [-0.25, -0.2) is 0 Å². The van der Waals surface area contributed by atoms with E-state index in [1.54, 1.807) is 6.08 Å². The van der Waals surface area contributed by atoms with Gasteiger partial charge in [0, 0.05) is 13.5 Å². The number of rotatable bonds is 6. The van der Waals surface area contributed by atoms with Gasteiger partial charge in [-0.15, -0.1) is 6.58 Å². The van der Waals surface area contributed by atoms with Crippen LogP contribution in [-0.4, -0.2) is 24.4 Å². The number of carbonyl (C=O) groups is 2. The van der Waals surface area contributed by atoms with Gasteiger partial charge in [0.25, 0.3) is 0 Å². The molecule has 4 nitrogen and oxygen atoms in total. The van der Waals surface area contributed by atoms with Gasteiger partial charge in [0.1, 0.15) is 6.04 Å². The molecule has 0 rings (SSSR count). The molecular weight excluding hydrogens is 192 g/mol. The maximum absolute atomic E-state index is 11.6. The average molecular weight is 212 g/mol. The lowest BCUT2D eigenvalue weighted by molar-refractivity contribution is -0.128. The van der Waals surface area contributed by atoms with Gasteiger partial charge in [0.15, 0.2) is 0 Å². The maximum atomic E-state index is 11.6. The van der Waals surface area contributed by atoms with Gasteiger partial charge in [-0.2, -0.15) is 0 Å². The second-order valence-electron chi connectivity index (χ2n) is 3.92. The van der Waals surface area contributed by atoms with Crippen molar-refractivity contribution in [1.29, 1.82) is 0 Å². The molecule has 0 aromatic heterocycles. The monoisotopic (exact) mass is 212 g/mol. The summed E-state index contributed by atoms with van der Waals surface area (Å²) in [6, 6.07) is -0.442. The highest BCUT2D eigenvalue weighted by Crippen LogP contribution is 2.04. The van der Waals surface area contributed by atoms with Gasteiger partial charge in [0.2, 0.25) is 11.8 Å². The van der Waals surface area contributed by atoms with E-state index >= 15 is 0 Å². The van der Waals surface area contributed by atoms with Crippen LogP contribution in [0.2, 0.25) is 0 Å². The number of hydrogen-bond donors (Lipinski definition) is 2. The molecule has 2 amide bonds. The molecule has 0 bridgehead atoms. The van der Waals surface area contributed by atoms with Crippen LogP contribution in [0.1, 0.15) is 27.2 Å². The molecule has 0 spiro atoms. The van der Waals surface area contributed by atoms with Crippen LogP contribution in [0, 0.1) is 5.92 Å². The van der Waals surface area contributed by atoms with Crippen LogP contribution < -0.4 is 10.6 Å². The lowest BCUT2D eigenvalue weighted by atomic mass is 10.0. The Balaban J connectivity index is 4.26. The first kappa shape index (κ1) is 13.7. The number of hydrogen-bond acceptors (Lipinski definition) is 2. The van der Waals surface area contributed by atoms with Crippen LogP contribution in [0.5, 0.6) is 0 Å². The van der Waals surface area contributed by atoms with Crippen molar-refractivity contribution in [3.63, 3.8) is 0 Å². The fourth-order valence-electron chi connectivity index (χ4n) is 1.24. The fourth-order valence-corrected chi connectivity index (χ4v) is 1.24. The Morgan fingerprint density at radius 3 is 2.40 bits per heavy atom. The second kappa shape index (κ2) is 7.04. The molecule has 0 unspecified atom stereocenters. The zero-order chi connectivity index (χ0) is 11.8. The summed E-state index contributed by atoms with van der Waals surface area (Å²) < 4.78 is 0. The molecular formula is C11H20N2O2. The van der Waals surface area contributed by atoms with Crippen molar-refractivity contribution in [2.45, 2.75) is 33.2 Å². The topological polar surface area (TPSA) is 58.2 Å². The van der Waals surface area contributed by atoms with E-state index in [0.29, 0.717) is 18.9 Å². The van der Waals surface area contributed by atoms with Gasteiger partial charge in [-0.1, -0.05) is 19.9 Å². The second-order valence-corrected chi connectivity index (χ2v) is 3.92. The van der Waals surface area contributed by atoms with Crippen LogP contribution >= 0.6 is 0 Å². The molecule has 1 atom stereocenters. The molecule has 0 aliphatic rings. The smallest absolute Gasteiger partial charge is 0.242 e. The summed E-state index contributed by atoms with van der Waals surface area (Å²) in [7, 11) is 0. The van der Waals surface area contributed by atoms with Crippen LogP contribution in [-0.2, 0) is 9.59 Å². The maximum Gasteiger partial charge on any atom is 0.242 e. The Morgan fingerprint density at radius 2 is 2.00 bits per heavy atom. The van der Waals surface area contributed by atoms with Crippen molar-refractivity contribution < 1.29 is 9.59 Å². The van der Waals surface area contributed by atoms with Crippen LogP contribution in [0.25, 0.3) is 0 Å². The average Bonchev–Trinajstić information content (AvgIpc) is 2.11. The summed E-state index contributed by atoms with van der Waals surface area (Å²) in [6.45, 7) is 9.37. The minimum Gasteiger partial charge on any atom is -0.351 e. The molecule has 0 aliphatic heterocycles. The van der Waals surface area contributed by atoms with Gasteiger partial charge in [-0.3, -0.25) is 9.59 Å². The van der Waals surface area contributed by atoms with Crippen molar-refractivity contribution in [2.24, 2.45) is 5.92 Å². The predicted octanol–water partition coefficient (Wildman–Crippen LogP) is 0.839. The summed E-state index contributed by atoms with van der Waals surface area (Å²) in [5, 5.41) is 5.31. The van der Waals surface area contributed by atoms with Crippen molar-refractivity contribution >= 4 is 11.8 Å². The first-order valence-electron chi connectivity index (χ1n) is 5.13. The molecule has 2 N–H and O–H groups in total. The van der Waals surface area contributed by atoms with E-state index in [1.807, 2.05) is 13.8 Å². The quantitative estimate of drug-likeness (QED) is 0.641. The van der Waals surface area contributed by atoms with Crippen molar-refractivity contribution in [3.8, 4) is 0 Å². The first-order chi connectivity index (χ1) is 6.97. The lowest BCUT2D eigenvalue weighted by Crippen LogP contribution is -2.46. The van der Waals surface area contributed by atoms with Gasteiger partial charge in [0.05, 0.1) is 0 Å². The molecule has 86 valence electrons. The molecule has 0 fully saturated rings. The van der Waals surface area contributed by atoms with Crippen LogP contribution in [0.15, 0.2) is 12.7 Å². The minimum absolute atomic E-state index is 0.154. The predicted molar refractivity (Wildman–Crippen MR) is 60.3 cm³/mol. The minimum atomic E-state index is -0.442. The largest absolute Gasteiger partial charge is 0.351 e. The fraction of sp³-hybridized carbons (Fsp3) is 0.636. The Morgan fingerprint density at radius 1 is 1.40 bits per heavy atom. The third kappa shape index (κ3) is 6.71. The lowest BCUT2D eigenvalue weighted by Gasteiger charge is -2.18. The summed E-state index contributed by atoms with van der Waals surface area (Å²) in [4.78, 5) is 22.5. The number of nitrogens with one attached hydrogen (secondary N) is 2. The summed E-state index contributed by atoms with van der Waals surface area (Å²) in [6.07, 6.45) is 2.25. The third-order valence-corrected chi connectivity index (χ3v) is 1.82. The van der Waals surface area contributed by atoms with Crippen LogP contribution in [0.4, 0.5) is 0 Å².